The molecule has 0 radical (unpaired) electrons. The maximum Gasteiger partial charge on any atom is 0.123 e. The topological polar surface area (TPSA) is 52.5 Å². The van der Waals surface area contributed by atoms with Crippen molar-refractivity contribution in [3.05, 3.63) is 23.3 Å². The lowest BCUT2D eigenvalue weighted by Crippen LogP contribution is -2.61. The standard InChI is InChI=1S/C22H33NO2/c1-20(2)16-6-8-22(4)17(21(16,3)9-7-18(20)23-5)11-13-10-14(24)12-15(25)19(13)22/h10,12,16-18,23-25H,6-9,11H2,1-5H3/t16-,17+,18+,21-,22+/m1/s1. The normalized spacial score (nSPS) is 41.7. The Bertz CT molecular complexity index is 712. The summed E-state index contributed by atoms with van der Waals surface area (Å²) in [6, 6.07) is 4.00. The molecule has 0 spiro atoms. The van der Waals surface area contributed by atoms with Crippen LogP contribution in [0.15, 0.2) is 12.1 Å². The Balaban J connectivity index is 1.80. The van der Waals surface area contributed by atoms with E-state index in [1.807, 2.05) is 6.07 Å². The summed E-state index contributed by atoms with van der Waals surface area (Å²) in [4.78, 5) is 0. The molecule has 0 saturated heterocycles. The van der Waals surface area contributed by atoms with Gasteiger partial charge in [-0.05, 0) is 73.4 Å². The number of hydrogen-bond acceptors (Lipinski definition) is 3. The van der Waals surface area contributed by atoms with E-state index in [9.17, 15) is 10.2 Å². The highest BCUT2D eigenvalue weighted by Crippen LogP contribution is 2.68. The van der Waals surface area contributed by atoms with Gasteiger partial charge in [0.25, 0.3) is 0 Å². The van der Waals surface area contributed by atoms with E-state index in [2.05, 4.69) is 40.1 Å². The van der Waals surface area contributed by atoms with Gasteiger partial charge in [0.1, 0.15) is 11.5 Å². The minimum absolute atomic E-state index is 0.0287. The zero-order valence-corrected chi connectivity index (χ0v) is 16.3. The van der Waals surface area contributed by atoms with E-state index in [4.69, 9.17) is 0 Å². The van der Waals surface area contributed by atoms with Gasteiger partial charge in [0, 0.05) is 23.1 Å². The molecule has 3 aliphatic carbocycles. The highest BCUT2D eigenvalue weighted by molar-refractivity contribution is 5.54. The summed E-state index contributed by atoms with van der Waals surface area (Å²) < 4.78 is 0. The van der Waals surface area contributed by atoms with Crippen molar-refractivity contribution in [1.82, 2.24) is 5.32 Å². The first-order valence-corrected chi connectivity index (χ1v) is 9.87. The van der Waals surface area contributed by atoms with Crippen molar-refractivity contribution >= 4 is 0 Å². The molecule has 1 aromatic carbocycles. The van der Waals surface area contributed by atoms with Crippen molar-refractivity contribution < 1.29 is 10.2 Å². The first-order chi connectivity index (χ1) is 11.6. The van der Waals surface area contributed by atoms with Crippen LogP contribution in [0.2, 0.25) is 0 Å². The van der Waals surface area contributed by atoms with E-state index in [1.54, 1.807) is 0 Å². The predicted octanol–water partition coefficient (Wildman–Crippen LogP) is 4.35. The van der Waals surface area contributed by atoms with Gasteiger partial charge in [-0.15, -0.1) is 0 Å². The van der Waals surface area contributed by atoms with Crippen molar-refractivity contribution in [2.45, 2.75) is 71.3 Å². The Morgan fingerprint density at radius 1 is 1.00 bits per heavy atom. The third-order valence-corrected chi connectivity index (χ3v) is 8.61. The van der Waals surface area contributed by atoms with Crippen molar-refractivity contribution in [1.29, 1.82) is 0 Å². The number of benzene rings is 1. The molecule has 0 aromatic heterocycles. The minimum atomic E-state index is 0.0287. The Labute approximate surface area is 151 Å². The van der Waals surface area contributed by atoms with Crippen molar-refractivity contribution in [3.63, 3.8) is 0 Å². The van der Waals surface area contributed by atoms with Crippen LogP contribution in [0.4, 0.5) is 0 Å². The molecule has 3 heteroatoms. The fraction of sp³-hybridized carbons (Fsp3) is 0.727. The number of nitrogens with one attached hydrogen (secondary N) is 1. The number of fused-ring (bicyclic) bond motifs is 5. The number of phenolic OH excluding ortho intramolecular Hbond substituents is 2. The van der Waals surface area contributed by atoms with Crippen LogP contribution in [-0.2, 0) is 11.8 Å². The molecular weight excluding hydrogens is 310 g/mol. The van der Waals surface area contributed by atoms with Gasteiger partial charge in [-0.3, -0.25) is 0 Å². The summed E-state index contributed by atoms with van der Waals surface area (Å²) in [6.07, 6.45) is 5.79. The summed E-state index contributed by atoms with van der Waals surface area (Å²) >= 11 is 0. The third kappa shape index (κ3) is 2.08. The second-order valence-electron chi connectivity index (χ2n) is 9.97. The Morgan fingerprint density at radius 2 is 1.72 bits per heavy atom. The molecule has 0 amide bonds. The van der Waals surface area contributed by atoms with Crippen LogP contribution in [0.5, 0.6) is 11.5 Å². The van der Waals surface area contributed by atoms with Crippen molar-refractivity contribution in [2.24, 2.45) is 22.7 Å². The van der Waals surface area contributed by atoms with Gasteiger partial charge in [-0.25, -0.2) is 0 Å². The van der Waals surface area contributed by atoms with E-state index in [-0.39, 0.29) is 22.0 Å². The summed E-state index contributed by atoms with van der Waals surface area (Å²) in [6.45, 7) is 9.77. The average Bonchev–Trinajstić information content (AvgIpc) is 2.80. The number of phenols is 2. The van der Waals surface area contributed by atoms with Gasteiger partial charge in [-0.2, -0.15) is 0 Å². The highest BCUT2D eigenvalue weighted by Gasteiger charge is 2.63. The van der Waals surface area contributed by atoms with Gasteiger partial charge >= 0.3 is 0 Å². The van der Waals surface area contributed by atoms with E-state index in [1.165, 1.54) is 30.9 Å². The summed E-state index contributed by atoms with van der Waals surface area (Å²) in [5.74, 6) is 1.72. The molecule has 3 N–H and O–H groups in total. The fourth-order valence-corrected chi connectivity index (χ4v) is 7.54. The van der Waals surface area contributed by atoms with Crippen LogP contribution in [0.1, 0.15) is 64.5 Å². The summed E-state index contributed by atoms with van der Waals surface area (Å²) in [5.41, 5.74) is 2.87. The number of hydrogen-bond donors (Lipinski definition) is 3. The molecule has 2 saturated carbocycles. The van der Waals surface area contributed by atoms with Crippen LogP contribution in [0.3, 0.4) is 0 Å². The fourth-order valence-electron chi connectivity index (χ4n) is 7.54. The molecule has 138 valence electrons. The van der Waals surface area contributed by atoms with Gasteiger partial charge in [0.05, 0.1) is 0 Å². The van der Waals surface area contributed by atoms with Gasteiger partial charge < -0.3 is 15.5 Å². The molecule has 0 heterocycles. The Morgan fingerprint density at radius 3 is 2.40 bits per heavy atom. The van der Waals surface area contributed by atoms with Crippen LogP contribution in [0.25, 0.3) is 0 Å². The monoisotopic (exact) mass is 343 g/mol. The van der Waals surface area contributed by atoms with Crippen LogP contribution in [0, 0.1) is 22.7 Å². The van der Waals surface area contributed by atoms with E-state index < -0.39 is 0 Å². The molecule has 2 fully saturated rings. The summed E-state index contributed by atoms with van der Waals surface area (Å²) in [7, 11) is 2.11. The third-order valence-electron chi connectivity index (χ3n) is 8.61. The lowest BCUT2D eigenvalue weighted by Gasteiger charge is -2.63. The largest absolute Gasteiger partial charge is 0.508 e. The van der Waals surface area contributed by atoms with Crippen molar-refractivity contribution in [2.75, 3.05) is 7.05 Å². The van der Waals surface area contributed by atoms with Gasteiger partial charge in [0.15, 0.2) is 0 Å². The van der Waals surface area contributed by atoms with Gasteiger partial charge in [-0.1, -0.05) is 27.7 Å². The highest BCUT2D eigenvalue weighted by atomic mass is 16.3. The first kappa shape index (κ1) is 17.2. The molecule has 3 aliphatic rings. The molecule has 25 heavy (non-hydrogen) atoms. The molecule has 1 aromatic rings. The first-order valence-electron chi connectivity index (χ1n) is 9.87. The number of aromatic hydroxyl groups is 2. The SMILES string of the molecule is CN[C@H]1CC[C@]2(C)[C@H](CC[C@]3(C)c4c(O)cc(O)cc4C[C@@H]23)C1(C)C. The molecule has 0 aliphatic heterocycles. The van der Waals surface area contributed by atoms with E-state index >= 15 is 0 Å². The molecular formula is C22H33NO2. The molecule has 0 bridgehead atoms. The second-order valence-corrected chi connectivity index (χ2v) is 9.97. The molecule has 0 unspecified atom stereocenters. The average molecular weight is 344 g/mol. The van der Waals surface area contributed by atoms with Crippen LogP contribution < -0.4 is 5.32 Å². The van der Waals surface area contributed by atoms with E-state index in [0.29, 0.717) is 23.6 Å². The molecule has 3 nitrogen and oxygen atoms in total. The molecule has 4 rings (SSSR count). The summed E-state index contributed by atoms with van der Waals surface area (Å²) in [5, 5.41) is 24.2. The Hall–Kier alpha value is -1.22. The van der Waals surface area contributed by atoms with Crippen LogP contribution in [-0.4, -0.2) is 23.3 Å². The predicted molar refractivity (Wildman–Crippen MR) is 101 cm³/mol. The smallest absolute Gasteiger partial charge is 0.123 e. The quantitative estimate of drug-likeness (QED) is 0.710. The maximum atomic E-state index is 10.6. The molecule has 5 atom stereocenters. The lowest BCUT2D eigenvalue weighted by molar-refractivity contribution is -0.112. The second kappa shape index (κ2) is 5.16. The maximum absolute atomic E-state index is 10.6. The zero-order valence-electron chi connectivity index (χ0n) is 16.3. The Kier molecular flexibility index (Phi) is 3.55. The van der Waals surface area contributed by atoms with E-state index in [0.717, 1.165) is 18.4 Å². The van der Waals surface area contributed by atoms with Gasteiger partial charge in [0.2, 0.25) is 0 Å². The number of rotatable bonds is 1. The van der Waals surface area contributed by atoms with Crippen molar-refractivity contribution in [3.8, 4) is 11.5 Å². The minimum Gasteiger partial charge on any atom is -0.508 e. The van der Waals surface area contributed by atoms with Crippen LogP contribution >= 0.6 is 0 Å². The zero-order chi connectivity index (χ0) is 18.2. The lowest BCUT2D eigenvalue weighted by atomic mass is 9.42.